The van der Waals surface area contributed by atoms with Crippen LogP contribution in [0.5, 0.6) is 11.5 Å². The Balaban J connectivity index is 1.95. The van der Waals surface area contributed by atoms with Crippen molar-refractivity contribution in [2.24, 2.45) is 7.05 Å². The standard InChI is InChI=1S/C16H14F2N4O/c1-9-11(8-21-22(9)2)15-5-10(3-4-20-15)23-16-7-12(17)14(19)6-13(16)18/h3-8H,19H2,1-2H3. The van der Waals surface area contributed by atoms with Crippen molar-refractivity contribution in [2.45, 2.75) is 6.92 Å². The number of benzene rings is 1. The number of nitrogen functional groups attached to an aromatic ring is 1. The number of anilines is 1. The lowest BCUT2D eigenvalue weighted by Crippen LogP contribution is -1.96. The minimum absolute atomic E-state index is 0.239. The third-order valence-corrected chi connectivity index (χ3v) is 3.52. The molecule has 3 rings (SSSR count). The Morgan fingerprint density at radius 1 is 1.17 bits per heavy atom. The number of hydrogen-bond donors (Lipinski definition) is 1. The molecule has 0 unspecified atom stereocenters. The molecule has 2 heterocycles. The van der Waals surface area contributed by atoms with Gasteiger partial charge in [-0.2, -0.15) is 5.10 Å². The predicted octanol–water partition coefficient (Wildman–Crippen LogP) is 3.44. The van der Waals surface area contributed by atoms with Crippen LogP contribution in [0.2, 0.25) is 0 Å². The summed E-state index contributed by atoms with van der Waals surface area (Å²) in [6.45, 7) is 1.91. The number of hydrogen-bond acceptors (Lipinski definition) is 4. The molecule has 1 aromatic carbocycles. The maximum atomic E-state index is 13.8. The molecule has 0 aliphatic heterocycles. The van der Waals surface area contributed by atoms with Crippen molar-refractivity contribution in [2.75, 3.05) is 5.73 Å². The van der Waals surface area contributed by atoms with Crippen LogP contribution in [0.25, 0.3) is 11.3 Å². The summed E-state index contributed by atoms with van der Waals surface area (Å²) in [6, 6.07) is 5.00. The van der Waals surface area contributed by atoms with Gasteiger partial charge in [0.1, 0.15) is 11.6 Å². The van der Waals surface area contributed by atoms with Crippen molar-refractivity contribution < 1.29 is 13.5 Å². The summed E-state index contributed by atoms with van der Waals surface area (Å²) in [5.74, 6) is -1.38. The fourth-order valence-electron chi connectivity index (χ4n) is 2.12. The van der Waals surface area contributed by atoms with Crippen LogP contribution >= 0.6 is 0 Å². The second kappa shape index (κ2) is 5.68. The van der Waals surface area contributed by atoms with Crippen LogP contribution in [0, 0.1) is 18.6 Å². The van der Waals surface area contributed by atoms with Gasteiger partial charge in [0, 0.05) is 42.7 Å². The van der Waals surface area contributed by atoms with Crippen LogP contribution in [-0.2, 0) is 7.05 Å². The molecule has 0 saturated carbocycles. The average Bonchev–Trinajstić information content (AvgIpc) is 2.85. The summed E-state index contributed by atoms with van der Waals surface area (Å²) in [5.41, 5.74) is 7.44. The van der Waals surface area contributed by atoms with Gasteiger partial charge in [-0.1, -0.05) is 0 Å². The number of pyridine rings is 1. The molecule has 2 aromatic heterocycles. The zero-order valence-electron chi connectivity index (χ0n) is 12.5. The summed E-state index contributed by atoms with van der Waals surface area (Å²) >= 11 is 0. The Kier molecular flexibility index (Phi) is 3.69. The van der Waals surface area contributed by atoms with Crippen LogP contribution in [0.1, 0.15) is 5.69 Å². The van der Waals surface area contributed by atoms with Gasteiger partial charge in [-0.25, -0.2) is 8.78 Å². The lowest BCUT2D eigenvalue weighted by molar-refractivity contribution is 0.437. The van der Waals surface area contributed by atoms with Gasteiger partial charge in [0.05, 0.1) is 17.6 Å². The molecule has 0 spiro atoms. The second-order valence-corrected chi connectivity index (χ2v) is 5.05. The molecule has 0 amide bonds. The van der Waals surface area contributed by atoms with Gasteiger partial charge in [0.15, 0.2) is 11.6 Å². The first kappa shape index (κ1) is 15.0. The third kappa shape index (κ3) is 2.85. The average molecular weight is 316 g/mol. The molecule has 23 heavy (non-hydrogen) atoms. The number of aryl methyl sites for hydroxylation is 1. The van der Waals surface area contributed by atoms with E-state index in [4.69, 9.17) is 10.5 Å². The highest BCUT2D eigenvalue weighted by Crippen LogP contribution is 2.30. The SMILES string of the molecule is Cc1c(-c2cc(Oc3cc(F)c(N)cc3F)ccn2)cnn1C. The summed E-state index contributed by atoms with van der Waals surface area (Å²) in [6.07, 6.45) is 3.22. The van der Waals surface area contributed by atoms with E-state index in [1.54, 1.807) is 23.0 Å². The number of halogens is 2. The lowest BCUT2D eigenvalue weighted by Gasteiger charge is -2.09. The second-order valence-electron chi connectivity index (χ2n) is 5.05. The largest absolute Gasteiger partial charge is 0.454 e. The molecule has 7 heteroatoms. The van der Waals surface area contributed by atoms with Crippen LogP contribution in [-0.4, -0.2) is 14.8 Å². The van der Waals surface area contributed by atoms with Gasteiger partial charge < -0.3 is 10.5 Å². The molecule has 2 N–H and O–H groups in total. The number of nitrogens with two attached hydrogens (primary N) is 1. The Hall–Kier alpha value is -2.96. The van der Waals surface area contributed by atoms with E-state index in [1.807, 2.05) is 14.0 Å². The van der Waals surface area contributed by atoms with Gasteiger partial charge in [0.25, 0.3) is 0 Å². The zero-order valence-corrected chi connectivity index (χ0v) is 12.5. The van der Waals surface area contributed by atoms with Crippen molar-refractivity contribution >= 4 is 5.69 Å². The van der Waals surface area contributed by atoms with Gasteiger partial charge >= 0.3 is 0 Å². The number of aromatic nitrogens is 3. The van der Waals surface area contributed by atoms with E-state index in [0.717, 1.165) is 23.4 Å². The molecule has 0 bridgehead atoms. The Bertz CT molecular complexity index is 877. The third-order valence-electron chi connectivity index (χ3n) is 3.52. The number of rotatable bonds is 3. The van der Waals surface area contributed by atoms with Gasteiger partial charge in [-0.3, -0.25) is 9.67 Å². The molecular weight excluding hydrogens is 302 g/mol. The van der Waals surface area contributed by atoms with Gasteiger partial charge in [-0.15, -0.1) is 0 Å². The molecule has 0 radical (unpaired) electrons. The van der Waals surface area contributed by atoms with E-state index in [0.29, 0.717) is 11.4 Å². The van der Waals surface area contributed by atoms with Crippen molar-refractivity contribution in [3.63, 3.8) is 0 Å². The van der Waals surface area contributed by atoms with Crippen molar-refractivity contribution in [3.8, 4) is 22.8 Å². The predicted molar refractivity (Wildman–Crippen MR) is 82.0 cm³/mol. The van der Waals surface area contributed by atoms with Crippen LogP contribution in [0.3, 0.4) is 0 Å². The first-order chi connectivity index (χ1) is 11.0. The summed E-state index contributed by atoms with van der Waals surface area (Å²) < 4.78 is 34.4. The molecule has 0 atom stereocenters. The lowest BCUT2D eigenvalue weighted by atomic mass is 10.1. The van der Waals surface area contributed by atoms with Gasteiger partial charge in [0.2, 0.25) is 0 Å². The topological polar surface area (TPSA) is 66.0 Å². The quantitative estimate of drug-likeness (QED) is 0.752. The van der Waals surface area contributed by atoms with E-state index in [-0.39, 0.29) is 11.4 Å². The Morgan fingerprint density at radius 2 is 1.96 bits per heavy atom. The van der Waals surface area contributed by atoms with Crippen molar-refractivity contribution in [1.29, 1.82) is 0 Å². The Morgan fingerprint density at radius 3 is 2.65 bits per heavy atom. The van der Waals surface area contributed by atoms with Crippen molar-refractivity contribution in [3.05, 3.63) is 54.0 Å². The highest BCUT2D eigenvalue weighted by atomic mass is 19.1. The van der Waals surface area contributed by atoms with Crippen molar-refractivity contribution in [1.82, 2.24) is 14.8 Å². The maximum Gasteiger partial charge on any atom is 0.167 e. The van der Waals surface area contributed by atoms with Crippen LogP contribution in [0.4, 0.5) is 14.5 Å². The summed E-state index contributed by atoms with van der Waals surface area (Å²) in [5, 5.41) is 4.15. The normalized spacial score (nSPS) is 10.8. The molecule has 0 fully saturated rings. The minimum atomic E-state index is -0.737. The van der Waals surface area contributed by atoms with E-state index < -0.39 is 11.6 Å². The van der Waals surface area contributed by atoms with E-state index in [9.17, 15) is 8.78 Å². The summed E-state index contributed by atoms with van der Waals surface area (Å²) in [7, 11) is 1.83. The number of nitrogens with zero attached hydrogens (tertiary/aromatic N) is 3. The molecule has 0 aliphatic rings. The Labute approximate surface area is 131 Å². The van der Waals surface area contributed by atoms with E-state index in [2.05, 4.69) is 10.1 Å². The molecule has 3 aromatic rings. The highest BCUT2D eigenvalue weighted by molar-refractivity contribution is 5.62. The zero-order chi connectivity index (χ0) is 16.6. The fraction of sp³-hybridized carbons (Fsp3) is 0.125. The number of ether oxygens (including phenoxy) is 1. The first-order valence-electron chi connectivity index (χ1n) is 6.83. The van der Waals surface area contributed by atoms with E-state index >= 15 is 0 Å². The molecule has 0 saturated heterocycles. The highest BCUT2D eigenvalue weighted by Gasteiger charge is 2.12. The smallest absolute Gasteiger partial charge is 0.167 e. The monoisotopic (exact) mass is 316 g/mol. The van der Waals surface area contributed by atoms with E-state index in [1.165, 1.54) is 6.20 Å². The first-order valence-corrected chi connectivity index (χ1v) is 6.83. The fourth-order valence-corrected chi connectivity index (χ4v) is 2.12. The minimum Gasteiger partial charge on any atom is -0.454 e. The van der Waals surface area contributed by atoms with Crippen LogP contribution < -0.4 is 10.5 Å². The van der Waals surface area contributed by atoms with Gasteiger partial charge in [-0.05, 0) is 13.0 Å². The molecular formula is C16H14F2N4O. The molecule has 0 aliphatic carbocycles. The molecule has 118 valence electrons. The summed E-state index contributed by atoms with van der Waals surface area (Å²) in [4.78, 5) is 4.26. The maximum absolute atomic E-state index is 13.8. The van der Waals surface area contributed by atoms with Crippen LogP contribution in [0.15, 0.2) is 36.7 Å². The molecule has 5 nitrogen and oxygen atoms in total.